The Morgan fingerprint density at radius 1 is 1.15 bits per heavy atom. The predicted molar refractivity (Wildman–Crippen MR) is 115 cm³/mol. The first-order valence-electron chi connectivity index (χ1n) is 8.61. The van der Waals surface area contributed by atoms with Gasteiger partial charge in [0.15, 0.2) is 0 Å². The average Bonchev–Trinajstić information content (AvgIpc) is 3.08. The van der Waals surface area contributed by atoms with Crippen LogP contribution in [0.5, 0.6) is 0 Å². The zero-order chi connectivity index (χ0) is 19.6. The number of carbonyl (C=O) groups excluding carboxylic acids is 1. The molecule has 8 heteroatoms. The van der Waals surface area contributed by atoms with Crippen LogP contribution in [0.1, 0.15) is 29.1 Å². The predicted octanol–water partition coefficient (Wildman–Crippen LogP) is 4.34. The second-order valence-electron chi connectivity index (χ2n) is 6.45. The molecule has 0 bridgehead atoms. The normalized spacial score (nSPS) is 11.0. The van der Waals surface area contributed by atoms with Crippen molar-refractivity contribution in [2.45, 2.75) is 40.3 Å². The molecule has 0 fully saturated rings. The summed E-state index contributed by atoms with van der Waals surface area (Å²) < 4.78 is 4.80. The van der Waals surface area contributed by atoms with Crippen molar-refractivity contribution in [3.8, 4) is 0 Å². The number of aryl methyl sites for hydroxylation is 3. The highest BCUT2D eigenvalue weighted by molar-refractivity contribution is 14.1. The minimum Gasteiger partial charge on any atom is -0.323 e. The van der Waals surface area contributed by atoms with Crippen molar-refractivity contribution in [2.24, 2.45) is 0 Å². The lowest BCUT2D eigenvalue weighted by Gasteiger charge is -2.08. The standard InChI is InChI=1S/C19H21ClIN5O/c1-12-17(21)11-25(23-12)9-8-18(27)22-19-13(2)24-26(14(19)3)10-15-4-6-16(20)7-5-15/h4-7,11H,8-10H2,1-3H3,(H,22,27). The van der Waals surface area contributed by atoms with Crippen molar-refractivity contribution in [2.75, 3.05) is 5.32 Å². The number of halogens is 2. The van der Waals surface area contributed by atoms with E-state index in [1.807, 2.05) is 55.9 Å². The van der Waals surface area contributed by atoms with Crippen molar-refractivity contribution >= 4 is 45.8 Å². The number of aromatic nitrogens is 4. The molecule has 1 amide bonds. The quantitative estimate of drug-likeness (QED) is 0.515. The van der Waals surface area contributed by atoms with E-state index >= 15 is 0 Å². The Bertz CT molecular complexity index is 942. The molecule has 27 heavy (non-hydrogen) atoms. The van der Waals surface area contributed by atoms with Gasteiger partial charge in [0.05, 0.1) is 32.9 Å². The monoisotopic (exact) mass is 497 g/mol. The van der Waals surface area contributed by atoms with Crippen LogP contribution in [0.15, 0.2) is 30.5 Å². The lowest BCUT2D eigenvalue weighted by Crippen LogP contribution is -2.16. The van der Waals surface area contributed by atoms with Gasteiger partial charge in [-0.3, -0.25) is 14.2 Å². The first-order valence-corrected chi connectivity index (χ1v) is 10.1. The van der Waals surface area contributed by atoms with Crippen LogP contribution in [-0.2, 0) is 17.9 Å². The fraction of sp³-hybridized carbons (Fsp3) is 0.316. The van der Waals surface area contributed by atoms with Gasteiger partial charge < -0.3 is 5.32 Å². The Kier molecular flexibility index (Phi) is 6.21. The van der Waals surface area contributed by atoms with E-state index in [1.54, 1.807) is 4.68 Å². The van der Waals surface area contributed by atoms with Crippen LogP contribution in [0.2, 0.25) is 5.02 Å². The Hall–Kier alpha value is -1.87. The number of amides is 1. The Morgan fingerprint density at radius 3 is 2.48 bits per heavy atom. The zero-order valence-corrected chi connectivity index (χ0v) is 18.4. The molecule has 2 heterocycles. The SMILES string of the molecule is Cc1nn(CCC(=O)Nc2c(C)nn(Cc3ccc(Cl)cc3)c2C)cc1I. The third-order valence-electron chi connectivity index (χ3n) is 4.35. The number of nitrogens with zero attached hydrogens (tertiary/aromatic N) is 4. The zero-order valence-electron chi connectivity index (χ0n) is 15.5. The first-order chi connectivity index (χ1) is 12.8. The Balaban J connectivity index is 1.65. The molecule has 0 radical (unpaired) electrons. The van der Waals surface area contributed by atoms with Crippen LogP contribution >= 0.6 is 34.2 Å². The maximum atomic E-state index is 12.4. The van der Waals surface area contributed by atoms with E-state index in [1.165, 1.54) is 0 Å². The molecule has 1 N–H and O–H groups in total. The minimum atomic E-state index is -0.0459. The highest BCUT2D eigenvalue weighted by atomic mass is 127. The summed E-state index contributed by atoms with van der Waals surface area (Å²) in [4.78, 5) is 12.4. The molecule has 0 unspecified atom stereocenters. The van der Waals surface area contributed by atoms with Crippen LogP contribution in [0.3, 0.4) is 0 Å². The van der Waals surface area contributed by atoms with Crippen molar-refractivity contribution in [3.05, 3.63) is 61.7 Å². The van der Waals surface area contributed by atoms with Gasteiger partial charge in [-0.2, -0.15) is 10.2 Å². The van der Waals surface area contributed by atoms with Gasteiger partial charge in [0, 0.05) is 24.2 Å². The summed E-state index contributed by atoms with van der Waals surface area (Å²) in [5.41, 5.74) is 4.59. The molecule has 2 aromatic heterocycles. The summed E-state index contributed by atoms with van der Waals surface area (Å²) >= 11 is 8.18. The topological polar surface area (TPSA) is 64.7 Å². The van der Waals surface area contributed by atoms with Crippen molar-refractivity contribution in [1.82, 2.24) is 19.6 Å². The molecule has 0 aliphatic carbocycles. The summed E-state index contributed by atoms with van der Waals surface area (Å²) in [6.45, 7) is 7.00. The minimum absolute atomic E-state index is 0.0459. The van der Waals surface area contributed by atoms with Crippen LogP contribution in [-0.4, -0.2) is 25.5 Å². The average molecular weight is 498 g/mol. The second-order valence-corrected chi connectivity index (χ2v) is 8.05. The molecule has 142 valence electrons. The van der Waals surface area contributed by atoms with E-state index in [4.69, 9.17) is 11.6 Å². The fourth-order valence-corrected chi connectivity index (χ4v) is 3.38. The van der Waals surface area contributed by atoms with Crippen LogP contribution in [0.25, 0.3) is 0 Å². The maximum absolute atomic E-state index is 12.4. The van der Waals surface area contributed by atoms with Gasteiger partial charge in [-0.05, 0) is 61.1 Å². The molecule has 1 aromatic carbocycles. The maximum Gasteiger partial charge on any atom is 0.226 e. The molecule has 0 atom stereocenters. The van der Waals surface area contributed by atoms with Crippen LogP contribution in [0, 0.1) is 24.3 Å². The summed E-state index contributed by atoms with van der Waals surface area (Å²) in [5, 5.41) is 12.7. The van der Waals surface area contributed by atoms with Crippen molar-refractivity contribution in [1.29, 1.82) is 0 Å². The Morgan fingerprint density at radius 2 is 1.85 bits per heavy atom. The second kappa shape index (κ2) is 8.43. The number of anilines is 1. The number of rotatable bonds is 6. The van der Waals surface area contributed by atoms with Crippen LogP contribution < -0.4 is 5.32 Å². The van der Waals surface area contributed by atoms with Gasteiger partial charge in [-0.15, -0.1) is 0 Å². The molecular formula is C19H21ClIN5O. The number of hydrogen-bond acceptors (Lipinski definition) is 3. The van der Waals surface area contributed by atoms with Crippen molar-refractivity contribution in [3.63, 3.8) is 0 Å². The highest BCUT2D eigenvalue weighted by Crippen LogP contribution is 2.21. The van der Waals surface area contributed by atoms with E-state index in [0.717, 1.165) is 31.9 Å². The number of hydrogen-bond donors (Lipinski definition) is 1. The highest BCUT2D eigenvalue weighted by Gasteiger charge is 2.15. The molecule has 0 saturated carbocycles. The molecule has 0 saturated heterocycles. The van der Waals surface area contributed by atoms with E-state index in [2.05, 4.69) is 38.1 Å². The van der Waals surface area contributed by atoms with Crippen molar-refractivity contribution < 1.29 is 4.79 Å². The lowest BCUT2D eigenvalue weighted by atomic mass is 10.2. The first kappa shape index (κ1) is 19.9. The van der Waals surface area contributed by atoms with E-state index in [0.29, 0.717) is 24.5 Å². The van der Waals surface area contributed by atoms with Gasteiger partial charge in [0.2, 0.25) is 5.91 Å². The molecule has 3 aromatic rings. The van der Waals surface area contributed by atoms with Crippen LogP contribution in [0.4, 0.5) is 5.69 Å². The molecule has 0 aliphatic rings. The summed E-state index contributed by atoms with van der Waals surface area (Å²) in [6.07, 6.45) is 2.31. The van der Waals surface area contributed by atoms with Gasteiger partial charge in [-0.1, -0.05) is 23.7 Å². The third kappa shape index (κ3) is 4.90. The van der Waals surface area contributed by atoms with Gasteiger partial charge in [-0.25, -0.2) is 0 Å². The smallest absolute Gasteiger partial charge is 0.226 e. The lowest BCUT2D eigenvalue weighted by molar-refractivity contribution is -0.116. The molecule has 0 aliphatic heterocycles. The van der Waals surface area contributed by atoms with E-state index < -0.39 is 0 Å². The number of benzene rings is 1. The number of nitrogens with one attached hydrogen (secondary N) is 1. The Labute approximate surface area is 177 Å². The molecule has 0 spiro atoms. The summed E-state index contributed by atoms with van der Waals surface area (Å²) in [5.74, 6) is -0.0459. The third-order valence-corrected chi connectivity index (χ3v) is 5.66. The van der Waals surface area contributed by atoms with E-state index in [-0.39, 0.29) is 5.91 Å². The van der Waals surface area contributed by atoms with E-state index in [9.17, 15) is 4.79 Å². The largest absolute Gasteiger partial charge is 0.323 e. The number of carbonyl (C=O) groups is 1. The molecule has 6 nitrogen and oxygen atoms in total. The summed E-state index contributed by atoms with van der Waals surface area (Å²) in [6, 6.07) is 7.68. The summed E-state index contributed by atoms with van der Waals surface area (Å²) in [7, 11) is 0. The molecule has 3 rings (SSSR count). The van der Waals surface area contributed by atoms with Gasteiger partial charge >= 0.3 is 0 Å². The fourth-order valence-electron chi connectivity index (χ4n) is 2.82. The van der Waals surface area contributed by atoms with Gasteiger partial charge in [0.1, 0.15) is 0 Å². The molecular weight excluding hydrogens is 477 g/mol. The van der Waals surface area contributed by atoms with Gasteiger partial charge in [0.25, 0.3) is 0 Å².